The molecular weight excluding hydrogens is 382 g/mol. The summed E-state index contributed by atoms with van der Waals surface area (Å²) >= 11 is 5.25. The highest BCUT2D eigenvalue weighted by Gasteiger charge is 2.13. The van der Waals surface area contributed by atoms with Crippen molar-refractivity contribution >= 4 is 40.5 Å². The number of rotatable bonds is 8. The van der Waals surface area contributed by atoms with Gasteiger partial charge in [-0.2, -0.15) is 0 Å². The molecule has 0 aliphatic rings. The van der Waals surface area contributed by atoms with E-state index in [-0.39, 0.29) is 16.9 Å². The SMILES string of the molecule is CCCCCCC(=O)NC(=S)Nc1ccccc1C(=O)Nc1ccc(C)c(C)c1. The lowest BCUT2D eigenvalue weighted by Gasteiger charge is -2.14. The van der Waals surface area contributed by atoms with Crippen molar-refractivity contribution in [1.82, 2.24) is 5.32 Å². The molecular formula is C23H29N3O2S. The fourth-order valence-corrected chi connectivity index (χ4v) is 3.09. The van der Waals surface area contributed by atoms with Crippen molar-refractivity contribution in [3.8, 4) is 0 Å². The molecule has 2 aromatic carbocycles. The lowest BCUT2D eigenvalue weighted by Crippen LogP contribution is -2.34. The van der Waals surface area contributed by atoms with Crippen LogP contribution in [-0.2, 0) is 4.79 Å². The highest BCUT2D eigenvalue weighted by atomic mass is 32.1. The van der Waals surface area contributed by atoms with Gasteiger partial charge in [0, 0.05) is 12.1 Å². The first-order valence-electron chi connectivity index (χ1n) is 9.99. The topological polar surface area (TPSA) is 70.2 Å². The minimum atomic E-state index is -0.245. The Kier molecular flexibility index (Phi) is 8.80. The molecule has 154 valence electrons. The molecule has 3 N–H and O–H groups in total. The van der Waals surface area contributed by atoms with Crippen molar-refractivity contribution < 1.29 is 9.59 Å². The van der Waals surface area contributed by atoms with E-state index in [0.29, 0.717) is 17.7 Å². The number of nitrogens with one attached hydrogen (secondary N) is 3. The van der Waals surface area contributed by atoms with Crippen LogP contribution < -0.4 is 16.0 Å². The normalized spacial score (nSPS) is 10.3. The number of amides is 2. The van der Waals surface area contributed by atoms with Crippen molar-refractivity contribution in [2.45, 2.75) is 52.9 Å². The average Bonchev–Trinajstić information content (AvgIpc) is 2.68. The van der Waals surface area contributed by atoms with Gasteiger partial charge in [0.25, 0.3) is 5.91 Å². The molecule has 6 heteroatoms. The molecule has 0 radical (unpaired) electrons. The fraction of sp³-hybridized carbons (Fsp3) is 0.348. The molecule has 0 aliphatic carbocycles. The maximum atomic E-state index is 12.8. The van der Waals surface area contributed by atoms with E-state index < -0.39 is 0 Å². The molecule has 2 rings (SSSR count). The zero-order chi connectivity index (χ0) is 21.2. The van der Waals surface area contributed by atoms with Crippen LogP contribution in [0.2, 0.25) is 0 Å². The van der Waals surface area contributed by atoms with E-state index in [9.17, 15) is 9.59 Å². The van der Waals surface area contributed by atoms with Gasteiger partial charge in [0.05, 0.1) is 11.3 Å². The highest BCUT2D eigenvalue weighted by Crippen LogP contribution is 2.19. The quantitative estimate of drug-likeness (QED) is 0.405. The Labute approximate surface area is 178 Å². The molecule has 0 heterocycles. The minimum absolute atomic E-state index is 0.115. The molecule has 0 unspecified atom stereocenters. The number of aryl methyl sites for hydroxylation is 2. The predicted molar refractivity (Wildman–Crippen MR) is 123 cm³/mol. The molecule has 2 amide bonds. The first kappa shape index (κ1) is 22.6. The number of benzene rings is 2. The number of carbonyl (C=O) groups excluding carboxylic acids is 2. The largest absolute Gasteiger partial charge is 0.332 e. The lowest BCUT2D eigenvalue weighted by atomic mass is 10.1. The second-order valence-corrected chi connectivity index (χ2v) is 7.52. The smallest absolute Gasteiger partial charge is 0.257 e. The van der Waals surface area contributed by atoms with E-state index in [4.69, 9.17) is 12.2 Å². The van der Waals surface area contributed by atoms with Gasteiger partial charge in [-0.25, -0.2) is 0 Å². The van der Waals surface area contributed by atoms with E-state index in [1.54, 1.807) is 18.2 Å². The van der Waals surface area contributed by atoms with Gasteiger partial charge in [-0.05, 0) is 67.9 Å². The Bertz CT molecular complexity index is 880. The number of thiocarbonyl (C=S) groups is 1. The fourth-order valence-electron chi connectivity index (χ4n) is 2.86. The van der Waals surface area contributed by atoms with Crippen molar-refractivity contribution in [3.63, 3.8) is 0 Å². The van der Waals surface area contributed by atoms with Crippen LogP contribution in [0.15, 0.2) is 42.5 Å². The van der Waals surface area contributed by atoms with Crippen LogP contribution >= 0.6 is 12.2 Å². The third kappa shape index (κ3) is 7.31. The van der Waals surface area contributed by atoms with Crippen LogP contribution in [0, 0.1) is 13.8 Å². The Morgan fingerprint density at radius 2 is 1.69 bits per heavy atom. The molecule has 0 atom stereocenters. The maximum absolute atomic E-state index is 12.8. The zero-order valence-corrected chi connectivity index (χ0v) is 18.1. The summed E-state index contributed by atoms with van der Waals surface area (Å²) in [7, 11) is 0. The van der Waals surface area contributed by atoms with Crippen LogP contribution in [0.25, 0.3) is 0 Å². The Morgan fingerprint density at radius 3 is 2.41 bits per heavy atom. The highest BCUT2D eigenvalue weighted by molar-refractivity contribution is 7.80. The van der Waals surface area contributed by atoms with Gasteiger partial charge in [0.1, 0.15) is 0 Å². The van der Waals surface area contributed by atoms with Crippen molar-refractivity contribution in [3.05, 3.63) is 59.2 Å². The molecule has 2 aromatic rings. The Balaban J connectivity index is 1.98. The molecule has 0 aliphatic heterocycles. The van der Waals surface area contributed by atoms with Gasteiger partial charge in [-0.1, -0.05) is 44.4 Å². The summed E-state index contributed by atoms with van der Waals surface area (Å²) in [6.45, 7) is 6.16. The molecule has 0 aromatic heterocycles. The number of hydrogen-bond donors (Lipinski definition) is 3. The molecule has 0 fully saturated rings. The summed E-state index contributed by atoms with van der Waals surface area (Å²) in [5.74, 6) is -0.360. The first-order valence-corrected chi connectivity index (χ1v) is 10.4. The van der Waals surface area contributed by atoms with Gasteiger partial charge in [0.2, 0.25) is 5.91 Å². The van der Waals surface area contributed by atoms with Gasteiger partial charge in [-0.15, -0.1) is 0 Å². The van der Waals surface area contributed by atoms with E-state index >= 15 is 0 Å². The number of para-hydroxylation sites is 1. The number of hydrogen-bond acceptors (Lipinski definition) is 3. The third-order valence-corrected chi connectivity index (χ3v) is 4.90. The first-order chi connectivity index (χ1) is 13.9. The summed E-state index contributed by atoms with van der Waals surface area (Å²) in [5, 5.41) is 8.76. The summed E-state index contributed by atoms with van der Waals surface area (Å²) in [5.41, 5.74) is 4.00. The summed E-state index contributed by atoms with van der Waals surface area (Å²) in [6, 6.07) is 12.9. The van der Waals surface area contributed by atoms with Crippen LogP contribution in [0.3, 0.4) is 0 Å². The van der Waals surface area contributed by atoms with Gasteiger partial charge < -0.3 is 16.0 Å². The minimum Gasteiger partial charge on any atom is -0.332 e. The molecule has 0 bridgehead atoms. The van der Waals surface area contributed by atoms with Gasteiger partial charge in [0.15, 0.2) is 5.11 Å². The molecule has 29 heavy (non-hydrogen) atoms. The van der Waals surface area contributed by atoms with Crippen LogP contribution in [0.4, 0.5) is 11.4 Å². The number of carbonyl (C=O) groups is 2. The summed E-state index contributed by atoms with van der Waals surface area (Å²) < 4.78 is 0. The Morgan fingerprint density at radius 1 is 0.931 bits per heavy atom. The Hall–Kier alpha value is -2.73. The summed E-state index contributed by atoms with van der Waals surface area (Å²) in [4.78, 5) is 24.8. The molecule has 0 saturated heterocycles. The molecule has 5 nitrogen and oxygen atoms in total. The number of anilines is 2. The van der Waals surface area contributed by atoms with Crippen LogP contribution in [-0.4, -0.2) is 16.9 Å². The van der Waals surface area contributed by atoms with Crippen molar-refractivity contribution in [2.75, 3.05) is 10.6 Å². The van der Waals surface area contributed by atoms with E-state index in [1.165, 1.54) is 5.56 Å². The average molecular weight is 412 g/mol. The monoisotopic (exact) mass is 411 g/mol. The second-order valence-electron chi connectivity index (χ2n) is 7.11. The van der Waals surface area contributed by atoms with Crippen LogP contribution in [0.1, 0.15) is 60.5 Å². The second kappa shape index (κ2) is 11.3. The maximum Gasteiger partial charge on any atom is 0.257 e. The molecule has 0 saturated carbocycles. The van der Waals surface area contributed by atoms with Crippen molar-refractivity contribution in [2.24, 2.45) is 0 Å². The number of unbranched alkanes of at least 4 members (excludes halogenated alkanes) is 3. The van der Waals surface area contributed by atoms with E-state index in [2.05, 4.69) is 22.9 Å². The van der Waals surface area contributed by atoms with Gasteiger partial charge in [-0.3, -0.25) is 9.59 Å². The van der Waals surface area contributed by atoms with E-state index in [0.717, 1.165) is 36.9 Å². The summed E-state index contributed by atoms with van der Waals surface area (Å²) in [6.07, 6.45) is 4.57. The third-order valence-electron chi connectivity index (χ3n) is 4.70. The molecule has 0 spiro atoms. The van der Waals surface area contributed by atoms with Crippen LogP contribution in [0.5, 0.6) is 0 Å². The standard InChI is InChI=1S/C23H29N3O2S/c1-4-5-6-7-12-21(27)26-23(29)25-20-11-9-8-10-19(20)22(28)24-18-14-13-16(2)17(3)15-18/h8-11,13-15H,4-7,12H2,1-3H3,(H,24,28)(H2,25,26,27,29). The van der Waals surface area contributed by atoms with Gasteiger partial charge >= 0.3 is 0 Å². The lowest BCUT2D eigenvalue weighted by molar-refractivity contribution is -0.119. The zero-order valence-electron chi connectivity index (χ0n) is 17.3. The predicted octanol–water partition coefficient (Wildman–Crippen LogP) is 5.34. The van der Waals surface area contributed by atoms with E-state index in [1.807, 2.05) is 38.1 Å². The van der Waals surface area contributed by atoms with Crippen molar-refractivity contribution in [1.29, 1.82) is 0 Å².